The van der Waals surface area contributed by atoms with Crippen LogP contribution in [0.2, 0.25) is 0 Å². The monoisotopic (exact) mass is 532 g/mol. The third-order valence-electron chi connectivity index (χ3n) is 9.05. The van der Waals surface area contributed by atoms with Gasteiger partial charge in [0.25, 0.3) is 0 Å². The number of alkyl carbamates (subject to hydrolysis) is 1. The van der Waals surface area contributed by atoms with Crippen molar-refractivity contribution in [1.29, 1.82) is 0 Å². The van der Waals surface area contributed by atoms with E-state index in [0.717, 1.165) is 12.0 Å². The number of carbonyl (C=O) groups excluding carboxylic acids is 2. The van der Waals surface area contributed by atoms with Crippen molar-refractivity contribution in [2.24, 2.45) is 22.7 Å². The van der Waals surface area contributed by atoms with Crippen molar-refractivity contribution in [1.82, 2.24) is 10.6 Å². The van der Waals surface area contributed by atoms with Crippen molar-refractivity contribution >= 4 is 12.0 Å². The van der Waals surface area contributed by atoms with Gasteiger partial charge in [-0.25, -0.2) is 4.79 Å². The van der Waals surface area contributed by atoms with Gasteiger partial charge in [0.1, 0.15) is 23.2 Å². The molecule has 2 amide bonds. The van der Waals surface area contributed by atoms with Gasteiger partial charge in [0.15, 0.2) is 6.29 Å². The third-order valence-corrected chi connectivity index (χ3v) is 9.05. The van der Waals surface area contributed by atoms with Gasteiger partial charge in [-0.2, -0.15) is 0 Å². The second kappa shape index (κ2) is 10.6. The molecule has 3 fully saturated rings. The molecule has 9 nitrogen and oxygen atoms in total. The maximum atomic E-state index is 12.6. The molecule has 0 aromatic heterocycles. The van der Waals surface area contributed by atoms with Gasteiger partial charge in [0, 0.05) is 18.5 Å². The normalized spacial score (nSPS) is 29.9. The number of benzene rings is 1. The summed E-state index contributed by atoms with van der Waals surface area (Å²) in [5.74, 6) is 2.01. The van der Waals surface area contributed by atoms with Gasteiger partial charge in [-0.3, -0.25) is 4.79 Å². The van der Waals surface area contributed by atoms with Crippen LogP contribution in [0.1, 0.15) is 72.5 Å². The van der Waals surface area contributed by atoms with E-state index in [1.807, 2.05) is 18.2 Å². The topological polar surface area (TPSA) is 104 Å². The van der Waals surface area contributed by atoms with E-state index in [-0.39, 0.29) is 35.9 Å². The number of methoxy groups -OCH3 is 2. The standard InChI is InChI=1S/C29H44N2O7/c1-27(2,3)38-26(33)31-16-23(32)30-15-22(19-13-17(34-7)9-10-21(19)35-8)36-24-14-18-20-11-12-29(6,25(18)37-24)28(20,4)5/h9-10,13,18,20,22,24-25H,11-12,14-16H2,1-8H3,(H,30,32)(H,31,33)/t18-,20-,22+,24-,25-,29+/m1/s1. The molecule has 38 heavy (non-hydrogen) atoms. The van der Waals surface area contributed by atoms with Crippen LogP contribution in [-0.2, 0) is 19.0 Å². The molecule has 2 aliphatic carbocycles. The number of rotatable bonds is 9. The minimum absolute atomic E-state index is 0.130. The predicted octanol–water partition coefficient (Wildman–Crippen LogP) is 4.59. The summed E-state index contributed by atoms with van der Waals surface area (Å²) in [5, 5.41) is 5.37. The van der Waals surface area contributed by atoms with Crippen LogP contribution in [0.5, 0.6) is 11.5 Å². The maximum Gasteiger partial charge on any atom is 0.408 e. The van der Waals surface area contributed by atoms with Crippen LogP contribution < -0.4 is 20.1 Å². The van der Waals surface area contributed by atoms with E-state index in [1.54, 1.807) is 35.0 Å². The molecule has 0 radical (unpaired) electrons. The largest absolute Gasteiger partial charge is 0.497 e. The molecule has 2 saturated carbocycles. The molecule has 3 aliphatic rings. The van der Waals surface area contributed by atoms with Crippen LogP contribution in [0, 0.1) is 22.7 Å². The first-order chi connectivity index (χ1) is 17.8. The van der Waals surface area contributed by atoms with E-state index in [0.29, 0.717) is 23.3 Å². The van der Waals surface area contributed by atoms with Gasteiger partial charge in [-0.05, 0) is 74.5 Å². The fourth-order valence-corrected chi connectivity index (χ4v) is 6.81. The summed E-state index contributed by atoms with van der Waals surface area (Å²) in [5.41, 5.74) is 0.485. The van der Waals surface area contributed by atoms with Crippen molar-refractivity contribution in [2.75, 3.05) is 27.3 Å². The smallest absolute Gasteiger partial charge is 0.408 e. The van der Waals surface area contributed by atoms with Crippen LogP contribution in [0.25, 0.3) is 0 Å². The quantitative estimate of drug-likeness (QED) is 0.479. The average Bonchev–Trinajstić information content (AvgIpc) is 3.42. The molecule has 0 spiro atoms. The van der Waals surface area contributed by atoms with Crippen LogP contribution in [-0.4, -0.2) is 57.3 Å². The predicted molar refractivity (Wildman–Crippen MR) is 142 cm³/mol. The zero-order valence-corrected chi connectivity index (χ0v) is 24.0. The lowest BCUT2D eigenvalue weighted by Gasteiger charge is -2.39. The second-order valence-electron chi connectivity index (χ2n) is 12.6. The minimum atomic E-state index is -0.646. The average molecular weight is 533 g/mol. The minimum Gasteiger partial charge on any atom is -0.497 e. The zero-order valence-electron chi connectivity index (χ0n) is 24.0. The number of ether oxygens (including phenoxy) is 5. The van der Waals surface area contributed by atoms with Crippen molar-refractivity contribution in [3.05, 3.63) is 23.8 Å². The molecule has 2 N–H and O–H groups in total. The van der Waals surface area contributed by atoms with E-state index in [4.69, 9.17) is 23.7 Å². The van der Waals surface area contributed by atoms with Gasteiger partial charge < -0.3 is 34.3 Å². The SMILES string of the molecule is COc1ccc(OC)c([C@H](CNC(=O)CNC(=O)OC(C)(C)C)O[C@H]2C[C@@H]3[C@H]4CC[C@@](C)([C@@H]3O2)C4(C)C)c1. The first-order valence-corrected chi connectivity index (χ1v) is 13.6. The van der Waals surface area contributed by atoms with Crippen LogP contribution >= 0.6 is 0 Å². The molecule has 1 aliphatic heterocycles. The van der Waals surface area contributed by atoms with Crippen LogP contribution in [0.4, 0.5) is 4.79 Å². The lowest BCUT2D eigenvalue weighted by molar-refractivity contribution is -0.187. The molecule has 212 valence electrons. The molecular weight excluding hydrogens is 488 g/mol. The number of hydrogen-bond donors (Lipinski definition) is 2. The highest BCUT2D eigenvalue weighted by Gasteiger charge is 2.69. The van der Waals surface area contributed by atoms with Gasteiger partial charge in [-0.1, -0.05) is 20.8 Å². The Labute approximate surface area is 226 Å². The van der Waals surface area contributed by atoms with Gasteiger partial charge in [0.05, 0.1) is 26.9 Å². The molecule has 0 unspecified atom stereocenters. The first kappa shape index (κ1) is 28.5. The summed E-state index contributed by atoms with van der Waals surface area (Å²) in [4.78, 5) is 24.6. The van der Waals surface area contributed by atoms with E-state index >= 15 is 0 Å². The summed E-state index contributed by atoms with van der Waals surface area (Å²) >= 11 is 0. The highest BCUT2D eigenvalue weighted by Crippen LogP contribution is 2.71. The molecule has 1 aromatic rings. The Morgan fingerprint density at radius 1 is 1.13 bits per heavy atom. The second-order valence-corrected chi connectivity index (χ2v) is 12.6. The fourth-order valence-electron chi connectivity index (χ4n) is 6.81. The van der Waals surface area contributed by atoms with Crippen molar-refractivity contribution in [2.45, 2.75) is 84.9 Å². The van der Waals surface area contributed by atoms with E-state index in [2.05, 4.69) is 31.4 Å². The van der Waals surface area contributed by atoms with E-state index in [9.17, 15) is 9.59 Å². The molecule has 2 bridgehead atoms. The third kappa shape index (κ3) is 5.45. The summed E-state index contributed by atoms with van der Waals surface area (Å²) in [6, 6.07) is 5.50. The molecule has 6 atom stereocenters. The number of nitrogens with one attached hydrogen (secondary N) is 2. The van der Waals surface area contributed by atoms with Crippen molar-refractivity contribution in [3.63, 3.8) is 0 Å². The summed E-state index contributed by atoms with van der Waals surface area (Å²) in [7, 11) is 3.20. The Morgan fingerprint density at radius 2 is 1.87 bits per heavy atom. The van der Waals surface area contributed by atoms with E-state index in [1.165, 1.54) is 12.8 Å². The van der Waals surface area contributed by atoms with Gasteiger partial charge in [-0.15, -0.1) is 0 Å². The lowest BCUT2D eigenvalue weighted by Crippen LogP contribution is -2.41. The Balaban J connectivity index is 1.46. The highest BCUT2D eigenvalue weighted by molar-refractivity contribution is 5.82. The molecule has 1 heterocycles. The first-order valence-electron chi connectivity index (χ1n) is 13.6. The van der Waals surface area contributed by atoms with Crippen molar-refractivity contribution in [3.8, 4) is 11.5 Å². The highest BCUT2D eigenvalue weighted by atomic mass is 16.7. The molecule has 9 heteroatoms. The molecular formula is C29H44N2O7. The summed E-state index contributed by atoms with van der Waals surface area (Å²) < 4.78 is 29.4. The Hall–Kier alpha value is -2.52. The fraction of sp³-hybridized carbons (Fsp3) is 0.724. The van der Waals surface area contributed by atoms with E-state index < -0.39 is 24.1 Å². The summed E-state index contributed by atoms with van der Waals surface area (Å²) in [6.45, 7) is 12.4. The van der Waals surface area contributed by atoms with Crippen molar-refractivity contribution < 1.29 is 33.3 Å². The number of amides is 2. The number of carbonyl (C=O) groups is 2. The molecule has 4 rings (SSSR count). The molecule has 1 saturated heterocycles. The lowest BCUT2D eigenvalue weighted by atomic mass is 9.70. The van der Waals surface area contributed by atoms with Gasteiger partial charge in [0.2, 0.25) is 5.91 Å². The molecule has 1 aromatic carbocycles. The Morgan fingerprint density at radius 3 is 2.50 bits per heavy atom. The zero-order chi connectivity index (χ0) is 27.9. The van der Waals surface area contributed by atoms with Gasteiger partial charge >= 0.3 is 6.09 Å². The number of fused-ring (bicyclic) bond motifs is 5. The maximum absolute atomic E-state index is 12.6. The Bertz CT molecular complexity index is 1040. The Kier molecular flexibility index (Phi) is 7.92. The summed E-state index contributed by atoms with van der Waals surface area (Å²) in [6.07, 6.45) is 1.81. The number of hydrogen-bond acceptors (Lipinski definition) is 7. The van der Waals surface area contributed by atoms with Crippen LogP contribution in [0.15, 0.2) is 18.2 Å². The van der Waals surface area contributed by atoms with Crippen LogP contribution in [0.3, 0.4) is 0 Å².